The predicted octanol–water partition coefficient (Wildman–Crippen LogP) is -1.49. The van der Waals surface area contributed by atoms with Gasteiger partial charge in [-0.05, 0) is 13.3 Å². The number of hydrogen-bond acceptors (Lipinski definition) is 5. The third-order valence-corrected chi connectivity index (χ3v) is 4.22. The van der Waals surface area contributed by atoms with E-state index < -0.39 is 10.0 Å². The number of nitrogens with one attached hydrogen (secondary N) is 2. The molecule has 2 saturated heterocycles. The van der Waals surface area contributed by atoms with Crippen molar-refractivity contribution < 1.29 is 17.9 Å². The Balaban J connectivity index is 1.91. The largest absolute Gasteiger partial charge is 0.375 e. The van der Waals surface area contributed by atoms with Crippen molar-refractivity contribution in [2.75, 3.05) is 32.5 Å². The second kappa shape index (κ2) is 5.74. The zero-order valence-electron chi connectivity index (χ0n) is 11.3. The third kappa shape index (κ3) is 3.88. The molecular weight excluding hydrogens is 270 g/mol. The molecule has 0 aromatic rings. The number of carbonyl (C=O) groups excluding carboxylic acids is 1. The molecule has 0 aliphatic carbocycles. The Morgan fingerprint density at radius 3 is 2.84 bits per heavy atom. The van der Waals surface area contributed by atoms with Gasteiger partial charge in [0.1, 0.15) is 6.04 Å². The zero-order valence-corrected chi connectivity index (χ0v) is 12.1. The fraction of sp³-hybridized carbons (Fsp3) is 0.909. The Kier molecular flexibility index (Phi) is 4.44. The number of carbonyl (C=O) groups is 1. The average molecular weight is 291 g/mol. The van der Waals surface area contributed by atoms with E-state index in [1.165, 1.54) is 0 Å². The lowest BCUT2D eigenvalue weighted by molar-refractivity contribution is -0.138. The van der Waals surface area contributed by atoms with E-state index in [4.69, 9.17) is 4.74 Å². The molecule has 0 spiro atoms. The number of hydrogen-bond donors (Lipinski definition) is 2. The van der Waals surface area contributed by atoms with Gasteiger partial charge in [-0.1, -0.05) is 0 Å². The number of morpholine rings is 1. The lowest BCUT2D eigenvalue weighted by atomic mass is 10.1. The highest BCUT2D eigenvalue weighted by atomic mass is 32.2. The van der Waals surface area contributed by atoms with E-state index in [0.717, 1.165) is 6.26 Å². The van der Waals surface area contributed by atoms with Crippen LogP contribution in [0.25, 0.3) is 0 Å². The lowest BCUT2D eigenvalue weighted by Crippen LogP contribution is -2.56. The van der Waals surface area contributed by atoms with Crippen LogP contribution in [0.5, 0.6) is 0 Å². The van der Waals surface area contributed by atoms with E-state index in [-0.39, 0.29) is 24.1 Å². The van der Waals surface area contributed by atoms with Crippen molar-refractivity contribution in [3.05, 3.63) is 0 Å². The molecule has 3 atom stereocenters. The van der Waals surface area contributed by atoms with Crippen LogP contribution in [-0.4, -0.2) is 69.9 Å². The van der Waals surface area contributed by atoms with Crippen LogP contribution in [0.1, 0.15) is 13.3 Å². The molecule has 1 amide bonds. The number of ether oxygens (including phenoxy) is 1. The summed E-state index contributed by atoms with van der Waals surface area (Å²) in [5.41, 5.74) is 0. The third-order valence-electron chi connectivity index (χ3n) is 3.46. The molecule has 7 nitrogen and oxygen atoms in total. The van der Waals surface area contributed by atoms with E-state index in [2.05, 4.69) is 10.0 Å². The van der Waals surface area contributed by atoms with E-state index in [0.29, 0.717) is 32.7 Å². The van der Waals surface area contributed by atoms with Crippen molar-refractivity contribution in [2.45, 2.75) is 31.5 Å². The zero-order chi connectivity index (χ0) is 14.0. The molecule has 2 aliphatic rings. The van der Waals surface area contributed by atoms with Gasteiger partial charge in [0, 0.05) is 25.7 Å². The first-order valence-corrected chi connectivity index (χ1v) is 8.37. The molecule has 0 aromatic carbocycles. The summed E-state index contributed by atoms with van der Waals surface area (Å²) in [6, 6.07) is -0.510. The summed E-state index contributed by atoms with van der Waals surface area (Å²) in [6.45, 7) is 4.16. The minimum atomic E-state index is -3.22. The standard InChI is InChI=1S/C11H21N3O4S/c1-8-10(12-4-6-18-8)11(15)14-5-3-9(7-14)13-19(2,16)17/h8-10,12-13H,3-7H2,1-2H3/t8-,9?,10+/m1/s1. The van der Waals surface area contributed by atoms with E-state index in [1.807, 2.05) is 6.92 Å². The van der Waals surface area contributed by atoms with Crippen LogP contribution in [0.3, 0.4) is 0 Å². The number of nitrogens with zero attached hydrogens (tertiary/aromatic N) is 1. The van der Waals surface area contributed by atoms with Crippen LogP contribution in [0.2, 0.25) is 0 Å². The highest BCUT2D eigenvalue weighted by molar-refractivity contribution is 7.88. The molecule has 2 fully saturated rings. The minimum absolute atomic E-state index is 0.00926. The van der Waals surface area contributed by atoms with Gasteiger partial charge in [-0.3, -0.25) is 4.79 Å². The van der Waals surface area contributed by atoms with Crippen molar-refractivity contribution in [1.29, 1.82) is 0 Å². The minimum Gasteiger partial charge on any atom is -0.375 e. The second-order valence-corrected chi connectivity index (χ2v) is 6.95. The maximum atomic E-state index is 12.3. The summed E-state index contributed by atoms with van der Waals surface area (Å²) >= 11 is 0. The van der Waals surface area contributed by atoms with Crippen LogP contribution in [0, 0.1) is 0 Å². The van der Waals surface area contributed by atoms with Gasteiger partial charge < -0.3 is 15.0 Å². The van der Waals surface area contributed by atoms with Crippen molar-refractivity contribution in [3.63, 3.8) is 0 Å². The average Bonchev–Trinajstić information content (AvgIpc) is 2.75. The molecule has 110 valence electrons. The van der Waals surface area contributed by atoms with Gasteiger partial charge in [-0.2, -0.15) is 0 Å². The van der Waals surface area contributed by atoms with Crippen molar-refractivity contribution in [3.8, 4) is 0 Å². The first kappa shape index (κ1) is 14.7. The van der Waals surface area contributed by atoms with Gasteiger partial charge in [0.15, 0.2) is 0 Å². The topological polar surface area (TPSA) is 87.7 Å². The van der Waals surface area contributed by atoms with E-state index in [1.54, 1.807) is 4.90 Å². The van der Waals surface area contributed by atoms with Crippen LogP contribution in [0.4, 0.5) is 0 Å². The van der Waals surface area contributed by atoms with Crippen LogP contribution in [-0.2, 0) is 19.6 Å². The van der Waals surface area contributed by atoms with Crippen molar-refractivity contribution >= 4 is 15.9 Å². The number of amides is 1. The lowest BCUT2D eigenvalue weighted by Gasteiger charge is -2.32. The number of rotatable bonds is 3. The molecule has 2 rings (SSSR count). The van der Waals surface area contributed by atoms with E-state index >= 15 is 0 Å². The Bertz CT molecular complexity index is 439. The summed E-state index contributed by atoms with van der Waals surface area (Å²) in [6.07, 6.45) is 1.64. The van der Waals surface area contributed by atoms with Crippen molar-refractivity contribution in [1.82, 2.24) is 14.9 Å². The maximum Gasteiger partial charge on any atom is 0.242 e. The smallest absolute Gasteiger partial charge is 0.242 e. The van der Waals surface area contributed by atoms with Crippen LogP contribution >= 0.6 is 0 Å². The Labute approximate surface area is 113 Å². The van der Waals surface area contributed by atoms with Gasteiger partial charge in [-0.15, -0.1) is 0 Å². The monoisotopic (exact) mass is 291 g/mol. The second-order valence-electron chi connectivity index (χ2n) is 5.17. The molecule has 0 radical (unpaired) electrons. The fourth-order valence-electron chi connectivity index (χ4n) is 2.57. The first-order chi connectivity index (χ1) is 8.87. The molecule has 1 unspecified atom stereocenters. The summed E-state index contributed by atoms with van der Waals surface area (Å²) in [4.78, 5) is 14.0. The Morgan fingerprint density at radius 1 is 1.47 bits per heavy atom. The quantitative estimate of drug-likeness (QED) is 0.662. The maximum absolute atomic E-state index is 12.3. The van der Waals surface area contributed by atoms with Gasteiger partial charge >= 0.3 is 0 Å². The Hall–Kier alpha value is -0.700. The summed E-state index contributed by atoms with van der Waals surface area (Å²) in [5.74, 6) is -0.00926. The van der Waals surface area contributed by atoms with Crippen molar-refractivity contribution in [2.24, 2.45) is 0 Å². The molecular formula is C11H21N3O4S. The van der Waals surface area contributed by atoms with Gasteiger partial charge in [0.2, 0.25) is 15.9 Å². The molecule has 19 heavy (non-hydrogen) atoms. The molecule has 0 saturated carbocycles. The summed E-state index contributed by atoms with van der Waals surface area (Å²) in [5, 5.41) is 3.15. The summed E-state index contributed by atoms with van der Waals surface area (Å²) < 4.78 is 30.3. The number of likely N-dealkylation sites (tertiary alicyclic amines) is 1. The molecule has 8 heteroatoms. The highest BCUT2D eigenvalue weighted by Gasteiger charge is 2.35. The number of sulfonamides is 1. The molecule has 0 aromatic heterocycles. The first-order valence-electron chi connectivity index (χ1n) is 6.48. The van der Waals surface area contributed by atoms with Gasteiger partial charge in [-0.25, -0.2) is 13.1 Å². The molecule has 2 N–H and O–H groups in total. The molecule has 2 aliphatic heterocycles. The molecule has 0 bridgehead atoms. The SMILES string of the molecule is C[C@H]1OCCN[C@@H]1C(=O)N1CCC(NS(C)(=O)=O)C1. The van der Waals surface area contributed by atoms with Gasteiger partial charge in [0.05, 0.1) is 19.0 Å². The van der Waals surface area contributed by atoms with E-state index in [9.17, 15) is 13.2 Å². The predicted molar refractivity (Wildman–Crippen MR) is 70.2 cm³/mol. The fourth-order valence-corrected chi connectivity index (χ4v) is 3.36. The van der Waals surface area contributed by atoms with Crippen LogP contribution in [0.15, 0.2) is 0 Å². The normalized spacial score (nSPS) is 32.5. The Morgan fingerprint density at radius 2 is 2.21 bits per heavy atom. The highest BCUT2D eigenvalue weighted by Crippen LogP contribution is 2.14. The summed E-state index contributed by atoms with van der Waals surface area (Å²) in [7, 11) is -3.22. The molecule has 2 heterocycles. The van der Waals surface area contributed by atoms with Gasteiger partial charge in [0.25, 0.3) is 0 Å². The van der Waals surface area contributed by atoms with Crippen LogP contribution < -0.4 is 10.0 Å².